The second-order valence-corrected chi connectivity index (χ2v) is 8.69. The maximum Gasteiger partial charge on any atom is 0.306 e. The molecule has 4 heteroatoms. The molecule has 0 radical (unpaired) electrons. The number of ether oxygens (including phenoxy) is 1. The standard InChI is InChI=1S/C23H36N2O2/c1-19-6-8-20(9-7-19)24-21-10-15-25(16-11-21)17-14-23(18-22(26)27-2)12-4-3-5-13-23/h6-9,21,24H,3-5,10-18H2,1-2H3. The van der Waals surface area contributed by atoms with Crippen LogP contribution in [0.25, 0.3) is 0 Å². The molecule has 0 spiro atoms. The predicted octanol–water partition coefficient (Wildman–Crippen LogP) is 4.78. The van der Waals surface area contributed by atoms with E-state index in [4.69, 9.17) is 4.74 Å². The van der Waals surface area contributed by atoms with Crippen molar-refractivity contribution in [2.24, 2.45) is 5.41 Å². The molecule has 0 aromatic heterocycles. The summed E-state index contributed by atoms with van der Waals surface area (Å²) < 4.78 is 4.99. The maximum atomic E-state index is 11.9. The van der Waals surface area contributed by atoms with Gasteiger partial charge in [0.1, 0.15) is 0 Å². The normalized spacial score (nSPS) is 21.0. The van der Waals surface area contributed by atoms with E-state index in [2.05, 4.69) is 41.4 Å². The number of hydrogen-bond acceptors (Lipinski definition) is 4. The molecule has 0 bridgehead atoms. The Morgan fingerprint density at radius 2 is 1.81 bits per heavy atom. The van der Waals surface area contributed by atoms with Crippen LogP contribution in [0.1, 0.15) is 63.4 Å². The smallest absolute Gasteiger partial charge is 0.306 e. The summed E-state index contributed by atoms with van der Waals surface area (Å²) in [6.07, 6.45) is 10.3. The highest BCUT2D eigenvalue weighted by Gasteiger charge is 2.35. The molecule has 1 N–H and O–H groups in total. The van der Waals surface area contributed by atoms with Gasteiger partial charge in [0, 0.05) is 24.8 Å². The van der Waals surface area contributed by atoms with Gasteiger partial charge in [-0.25, -0.2) is 0 Å². The van der Waals surface area contributed by atoms with Crippen molar-refractivity contribution in [3.63, 3.8) is 0 Å². The Hall–Kier alpha value is -1.55. The van der Waals surface area contributed by atoms with E-state index in [-0.39, 0.29) is 11.4 Å². The molecule has 4 nitrogen and oxygen atoms in total. The Balaban J connectivity index is 1.45. The highest BCUT2D eigenvalue weighted by molar-refractivity contribution is 5.70. The minimum atomic E-state index is -0.0297. The van der Waals surface area contributed by atoms with E-state index in [0.717, 1.165) is 26.1 Å². The van der Waals surface area contributed by atoms with Crippen molar-refractivity contribution in [1.29, 1.82) is 0 Å². The number of rotatable bonds is 7. The van der Waals surface area contributed by atoms with Gasteiger partial charge in [0.25, 0.3) is 0 Å². The molecule has 2 fully saturated rings. The van der Waals surface area contributed by atoms with Gasteiger partial charge in [0.2, 0.25) is 0 Å². The Morgan fingerprint density at radius 1 is 1.15 bits per heavy atom. The Labute approximate surface area is 164 Å². The van der Waals surface area contributed by atoms with E-state index in [1.807, 2.05) is 0 Å². The molecule has 150 valence electrons. The van der Waals surface area contributed by atoms with Crippen molar-refractivity contribution in [2.45, 2.75) is 70.8 Å². The molecule has 27 heavy (non-hydrogen) atoms. The van der Waals surface area contributed by atoms with Crippen LogP contribution in [0.5, 0.6) is 0 Å². The van der Waals surface area contributed by atoms with Crippen LogP contribution in [0.3, 0.4) is 0 Å². The third-order valence-corrected chi connectivity index (χ3v) is 6.63. The molecule has 0 amide bonds. The van der Waals surface area contributed by atoms with Gasteiger partial charge in [-0.2, -0.15) is 0 Å². The number of aryl methyl sites for hydroxylation is 1. The fourth-order valence-corrected chi connectivity index (χ4v) is 4.78. The van der Waals surface area contributed by atoms with Crippen LogP contribution in [0.15, 0.2) is 24.3 Å². The molecule has 1 aromatic carbocycles. The summed E-state index contributed by atoms with van der Waals surface area (Å²) in [5.41, 5.74) is 2.72. The van der Waals surface area contributed by atoms with Gasteiger partial charge in [0.15, 0.2) is 0 Å². The number of hydrogen-bond donors (Lipinski definition) is 1. The highest BCUT2D eigenvalue weighted by atomic mass is 16.5. The van der Waals surface area contributed by atoms with Crippen LogP contribution >= 0.6 is 0 Å². The number of carbonyl (C=O) groups is 1. The number of carbonyl (C=O) groups excluding carboxylic acids is 1. The summed E-state index contributed by atoms with van der Waals surface area (Å²) in [6.45, 7) is 5.55. The number of esters is 1. The number of methoxy groups -OCH3 is 1. The number of piperidine rings is 1. The first-order valence-corrected chi connectivity index (χ1v) is 10.7. The summed E-state index contributed by atoms with van der Waals surface area (Å²) in [5, 5.41) is 3.69. The molecular formula is C23H36N2O2. The first-order valence-electron chi connectivity index (χ1n) is 10.7. The highest BCUT2D eigenvalue weighted by Crippen LogP contribution is 2.42. The Bertz CT molecular complexity index is 585. The monoisotopic (exact) mass is 372 g/mol. The summed E-state index contributed by atoms with van der Waals surface area (Å²) in [4.78, 5) is 14.5. The van der Waals surface area contributed by atoms with Gasteiger partial charge in [-0.3, -0.25) is 4.79 Å². The molecule has 0 atom stereocenters. The SMILES string of the molecule is COC(=O)CC1(CCN2CCC(Nc3ccc(C)cc3)CC2)CCCCC1. The summed E-state index contributed by atoms with van der Waals surface area (Å²) in [5.74, 6) is -0.0297. The summed E-state index contributed by atoms with van der Waals surface area (Å²) >= 11 is 0. The lowest BCUT2D eigenvalue weighted by Gasteiger charge is -2.39. The largest absolute Gasteiger partial charge is 0.469 e. The molecule has 3 rings (SSSR count). The quantitative estimate of drug-likeness (QED) is 0.700. The Kier molecular flexibility index (Phi) is 7.17. The minimum Gasteiger partial charge on any atom is -0.469 e. The molecule has 1 saturated heterocycles. The molecule has 2 aliphatic rings. The van der Waals surface area contributed by atoms with Crippen LogP contribution in [-0.4, -0.2) is 43.7 Å². The third kappa shape index (κ3) is 5.97. The number of nitrogens with one attached hydrogen (secondary N) is 1. The fraction of sp³-hybridized carbons (Fsp3) is 0.696. The number of benzene rings is 1. The topological polar surface area (TPSA) is 41.6 Å². The lowest BCUT2D eigenvalue weighted by atomic mass is 9.69. The molecular weight excluding hydrogens is 336 g/mol. The molecule has 1 heterocycles. The van der Waals surface area contributed by atoms with Crippen molar-refractivity contribution in [2.75, 3.05) is 32.1 Å². The first kappa shape index (κ1) is 20.2. The average molecular weight is 373 g/mol. The van der Waals surface area contributed by atoms with Gasteiger partial charge in [-0.15, -0.1) is 0 Å². The number of likely N-dealkylation sites (tertiary alicyclic amines) is 1. The van der Waals surface area contributed by atoms with E-state index < -0.39 is 0 Å². The van der Waals surface area contributed by atoms with Gasteiger partial charge >= 0.3 is 5.97 Å². The zero-order valence-electron chi connectivity index (χ0n) is 17.1. The second kappa shape index (κ2) is 9.59. The van der Waals surface area contributed by atoms with Crippen LogP contribution in [-0.2, 0) is 9.53 Å². The van der Waals surface area contributed by atoms with E-state index >= 15 is 0 Å². The molecule has 0 unspecified atom stereocenters. The van der Waals surface area contributed by atoms with Gasteiger partial charge in [0.05, 0.1) is 13.5 Å². The van der Waals surface area contributed by atoms with Crippen molar-refractivity contribution in [3.8, 4) is 0 Å². The average Bonchev–Trinajstić information content (AvgIpc) is 2.70. The first-order chi connectivity index (χ1) is 13.1. The molecule has 1 aliphatic heterocycles. The molecule has 1 aliphatic carbocycles. The van der Waals surface area contributed by atoms with Crippen molar-refractivity contribution >= 4 is 11.7 Å². The van der Waals surface area contributed by atoms with Crippen LogP contribution in [0.2, 0.25) is 0 Å². The molecule has 1 saturated carbocycles. The van der Waals surface area contributed by atoms with Crippen molar-refractivity contribution in [3.05, 3.63) is 29.8 Å². The number of anilines is 1. The lowest BCUT2D eigenvalue weighted by molar-refractivity contribution is -0.144. The Morgan fingerprint density at radius 3 is 2.44 bits per heavy atom. The van der Waals surface area contributed by atoms with Crippen LogP contribution in [0, 0.1) is 12.3 Å². The zero-order chi connectivity index (χ0) is 19.1. The van der Waals surface area contributed by atoms with E-state index in [1.165, 1.54) is 63.3 Å². The number of nitrogens with zero attached hydrogens (tertiary/aromatic N) is 1. The van der Waals surface area contributed by atoms with Gasteiger partial charge < -0.3 is 15.0 Å². The van der Waals surface area contributed by atoms with E-state index in [9.17, 15) is 4.79 Å². The van der Waals surface area contributed by atoms with Gasteiger partial charge in [-0.05, 0) is 63.1 Å². The van der Waals surface area contributed by atoms with Crippen LogP contribution < -0.4 is 5.32 Å². The third-order valence-electron chi connectivity index (χ3n) is 6.63. The zero-order valence-corrected chi connectivity index (χ0v) is 17.1. The summed E-state index contributed by atoms with van der Waals surface area (Å²) in [7, 11) is 1.52. The predicted molar refractivity (Wildman–Crippen MR) is 111 cm³/mol. The summed E-state index contributed by atoms with van der Waals surface area (Å²) in [6, 6.07) is 9.27. The fourth-order valence-electron chi connectivity index (χ4n) is 4.78. The van der Waals surface area contributed by atoms with Crippen molar-refractivity contribution in [1.82, 2.24) is 4.90 Å². The minimum absolute atomic E-state index is 0.0297. The van der Waals surface area contributed by atoms with Crippen LogP contribution in [0.4, 0.5) is 5.69 Å². The van der Waals surface area contributed by atoms with Gasteiger partial charge in [-0.1, -0.05) is 37.0 Å². The van der Waals surface area contributed by atoms with Crippen molar-refractivity contribution < 1.29 is 9.53 Å². The maximum absolute atomic E-state index is 11.9. The molecule has 1 aromatic rings. The lowest BCUT2D eigenvalue weighted by Crippen LogP contribution is -2.41. The second-order valence-electron chi connectivity index (χ2n) is 8.69. The van der Waals surface area contributed by atoms with E-state index in [0.29, 0.717) is 12.5 Å². The van der Waals surface area contributed by atoms with E-state index in [1.54, 1.807) is 0 Å².